The van der Waals surface area contributed by atoms with Crippen LogP contribution in [0.3, 0.4) is 0 Å². The number of rotatable bonds is 8. The molecule has 0 aliphatic heterocycles. The highest BCUT2D eigenvalue weighted by Crippen LogP contribution is 2.04. The van der Waals surface area contributed by atoms with Gasteiger partial charge in [-0.2, -0.15) is 0 Å². The van der Waals surface area contributed by atoms with E-state index < -0.39 is 12.0 Å². The van der Waals surface area contributed by atoms with Gasteiger partial charge in [0, 0.05) is 13.1 Å². The SMILES string of the molecule is C=C(C)CN(CC)C(=O)CN(C)C(CC)C(=O)O. The van der Waals surface area contributed by atoms with Crippen molar-refractivity contribution >= 4 is 11.9 Å². The number of aliphatic carboxylic acids is 1. The number of amides is 1. The van der Waals surface area contributed by atoms with Crippen LogP contribution in [0.4, 0.5) is 0 Å². The molecule has 0 aliphatic carbocycles. The van der Waals surface area contributed by atoms with Crippen molar-refractivity contribution in [1.29, 1.82) is 0 Å². The van der Waals surface area contributed by atoms with E-state index in [1.165, 1.54) is 0 Å². The third-order valence-electron chi connectivity index (χ3n) is 2.78. The summed E-state index contributed by atoms with van der Waals surface area (Å²) in [6, 6.07) is -0.613. The molecule has 1 amide bonds. The fourth-order valence-corrected chi connectivity index (χ4v) is 1.80. The van der Waals surface area contributed by atoms with Gasteiger partial charge in [0.25, 0.3) is 0 Å². The summed E-state index contributed by atoms with van der Waals surface area (Å²) in [4.78, 5) is 26.3. The number of hydrogen-bond donors (Lipinski definition) is 1. The van der Waals surface area contributed by atoms with Crippen LogP contribution in [-0.2, 0) is 9.59 Å². The Hall–Kier alpha value is -1.36. The Bertz CT molecular complexity index is 315. The Morgan fingerprint density at radius 1 is 1.28 bits per heavy atom. The molecule has 0 saturated heterocycles. The van der Waals surface area contributed by atoms with Crippen LogP contribution < -0.4 is 0 Å². The number of hydrogen-bond acceptors (Lipinski definition) is 3. The molecule has 5 nitrogen and oxygen atoms in total. The van der Waals surface area contributed by atoms with Crippen LogP contribution in [0.25, 0.3) is 0 Å². The normalized spacial score (nSPS) is 12.3. The van der Waals surface area contributed by atoms with Crippen LogP contribution in [0.5, 0.6) is 0 Å². The first-order valence-electron chi connectivity index (χ1n) is 6.18. The first-order chi connectivity index (χ1) is 8.33. The topological polar surface area (TPSA) is 60.9 Å². The molecule has 0 aliphatic rings. The van der Waals surface area contributed by atoms with Gasteiger partial charge in [-0.25, -0.2) is 0 Å². The van der Waals surface area contributed by atoms with E-state index in [-0.39, 0.29) is 12.5 Å². The van der Waals surface area contributed by atoms with Gasteiger partial charge in [-0.05, 0) is 27.3 Å². The predicted octanol–water partition coefficient (Wildman–Crippen LogP) is 1.21. The maximum atomic E-state index is 12.0. The highest BCUT2D eigenvalue weighted by atomic mass is 16.4. The first-order valence-corrected chi connectivity index (χ1v) is 6.18. The van der Waals surface area contributed by atoms with Gasteiger partial charge in [0.15, 0.2) is 0 Å². The van der Waals surface area contributed by atoms with E-state index >= 15 is 0 Å². The van der Waals surface area contributed by atoms with Crippen LogP contribution in [-0.4, -0.2) is 59.5 Å². The molecule has 0 aromatic carbocycles. The van der Waals surface area contributed by atoms with E-state index in [0.717, 1.165) is 5.57 Å². The zero-order valence-corrected chi connectivity index (χ0v) is 11.8. The van der Waals surface area contributed by atoms with Gasteiger partial charge < -0.3 is 10.0 Å². The molecular formula is C13H24N2O3. The maximum Gasteiger partial charge on any atom is 0.320 e. The molecule has 104 valence electrons. The predicted molar refractivity (Wildman–Crippen MR) is 71.4 cm³/mol. The minimum absolute atomic E-state index is 0.0669. The van der Waals surface area contributed by atoms with Crippen LogP contribution in [0.15, 0.2) is 12.2 Å². The molecule has 0 saturated carbocycles. The molecule has 1 atom stereocenters. The first kappa shape index (κ1) is 16.6. The second-order valence-electron chi connectivity index (χ2n) is 4.54. The van der Waals surface area contributed by atoms with Crippen molar-refractivity contribution in [1.82, 2.24) is 9.80 Å². The maximum absolute atomic E-state index is 12.0. The summed E-state index contributed by atoms with van der Waals surface area (Å²) in [7, 11) is 1.66. The average molecular weight is 256 g/mol. The Kier molecular flexibility index (Phi) is 7.27. The third-order valence-corrected chi connectivity index (χ3v) is 2.78. The van der Waals surface area contributed by atoms with Crippen molar-refractivity contribution < 1.29 is 14.7 Å². The summed E-state index contributed by atoms with van der Waals surface area (Å²) >= 11 is 0. The summed E-state index contributed by atoms with van der Waals surface area (Å²) in [6.07, 6.45) is 0.478. The standard InChI is InChI=1S/C13H24N2O3/c1-6-11(13(17)18)14(5)9-12(16)15(7-2)8-10(3)4/h11H,3,6-9H2,1-2,4-5H3,(H,17,18). The molecule has 0 aromatic rings. The van der Waals surface area contributed by atoms with Crippen molar-refractivity contribution in [3.63, 3.8) is 0 Å². The summed E-state index contributed by atoms with van der Waals surface area (Å²) in [6.45, 7) is 10.6. The second-order valence-corrected chi connectivity index (χ2v) is 4.54. The molecule has 0 heterocycles. The van der Waals surface area contributed by atoms with Gasteiger partial charge >= 0.3 is 5.97 Å². The van der Waals surface area contributed by atoms with Crippen molar-refractivity contribution in [3.8, 4) is 0 Å². The molecule has 0 fully saturated rings. The van der Waals surface area contributed by atoms with E-state index in [2.05, 4.69) is 6.58 Å². The van der Waals surface area contributed by atoms with Gasteiger partial charge in [0.05, 0.1) is 6.54 Å². The summed E-state index contributed by atoms with van der Waals surface area (Å²) in [5.41, 5.74) is 0.915. The minimum Gasteiger partial charge on any atom is -0.480 e. The number of likely N-dealkylation sites (N-methyl/N-ethyl adjacent to an activating group) is 2. The highest BCUT2D eigenvalue weighted by molar-refractivity contribution is 5.80. The lowest BCUT2D eigenvalue weighted by atomic mass is 10.2. The number of nitrogens with zero attached hydrogens (tertiary/aromatic N) is 2. The quantitative estimate of drug-likeness (QED) is 0.663. The van der Waals surface area contributed by atoms with Crippen molar-refractivity contribution in [2.45, 2.75) is 33.2 Å². The molecular weight excluding hydrogens is 232 g/mol. The van der Waals surface area contributed by atoms with E-state index in [9.17, 15) is 9.59 Å². The number of carboxylic acids is 1. The molecule has 0 spiro atoms. The van der Waals surface area contributed by atoms with Crippen LogP contribution in [0.2, 0.25) is 0 Å². The molecule has 5 heteroatoms. The molecule has 1 unspecified atom stereocenters. The van der Waals surface area contributed by atoms with Gasteiger partial charge in [-0.1, -0.05) is 19.1 Å². The van der Waals surface area contributed by atoms with Gasteiger partial charge in [0.1, 0.15) is 6.04 Å². The molecule has 0 radical (unpaired) electrons. The fourth-order valence-electron chi connectivity index (χ4n) is 1.80. The summed E-state index contributed by atoms with van der Waals surface area (Å²) in [5.74, 6) is -0.960. The minimum atomic E-state index is -0.893. The van der Waals surface area contributed by atoms with Gasteiger partial charge in [0.2, 0.25) is 5.91 Å². The van der Waals surface area contributed by atoms with E-state index in [1.807, 2.05) is 13.8 Å². The van der Waals surface area contributed by atoms with E-state index in [4.69, 9.17) is 5.11 Å². The van der Waals surface area contributed by atoms with Crippen LogP contribution in [0, 0.1) is 0 Å². The van der Waals surface area contributed by atoms with E-state index in [0.29, 0.717) is 19.5 Å². The Labute approximate surface area is 109 Å². The highest BCUT2D eigenvalue weighted by Gasteiger charge is 2.23. The lowest BCUT2D eigenvalue weighted by Crippen LogP contribution is -2.45. The third kappa shape index (κ3) is 5.31. The van der Waals surface area contributed by atoms with Crippen LogP contribution in [0.1, 0.15) is 27.2 Å². The molecule has 1 N–H and O–H groups in total. The molecule has 18 heavy (non-hydrogen) atoms. The second kappa shape index (κ2) is 7.87. The zero-order chi connectivity index (χ0) is 14.3. The van der Waals surface area contributed by atoms with Gasteiger partial charge in [-0.15, -0.1) is 0 Å². The zero-order valence-electron chi connectivity index (χ0n) is 11.8. The average Bonchev–Trinajstić information content (AvgIpc) is 2.25. The Morgan fingerprint density at radius 3 is 2.17 bits per heavy atom. The molecule has 0 bridgehead atoms. The van der Waals surface area contributed by atoms with Crippen molar-refractivity contribution in [2.75, 3.05) is 26.7 Å². The Morgan fingerprint density at radius 2 is 1.83 bits per heavy atom. The fraction of sp³-hybridized carbons (Fsp3) is 0.692. The van der Waals surface area contributed by atoms with E-state index in [1.54, 1.807) is 23.8 Å². The molecule has 0 rings (SSSR count). The summed E-state index contributed by atoms with van der Waals surface area (Å²) in [5, 5.41) is 9.02. The molecule has 0 aromatic heterocycles. The van der Waals surface area contributed by atoms with Gasteiger partial charge in [-0.3, -0.25) is 14.5 Å². The largest absolute Gasteiger partial charge is 0.480 e. The monoisotopic (exact) mass is 256 g/mol. The van der Waals surface area contributed by atoms with Crippen molar-refractivity contribution in [2.24, 2.45) is 0 Å². The lowest BCUT2D eigenvalue weighted by molar-refractivity contribution is -0.144. The smallest absolute Gasteiger partial charge is 0.320 e. The Balaban J connectivity index is 4.52. The lowest BCUT2D eigenvalue weighted by Gasteiger charge is -2.27. The number of carbonyl (C=O) groups is 2. The van der Waals surface area contributed by atoms with Crippen molar-refractivity contribution in [3.05, 3.63) is 12.2 Å². The number of carboxylic acid groups (broad SMARTS) is 1. The van der Waals surface area contributed by atoms with Crippen LogP contribution >= 0.6 is 0 Å². The number of carbonyl (C=O) groups excluding carboxylic acids is 1. The summed E-state index contributed by atoms with van der Waals surface area (Å²) < 4.78 is 0.